The van der Waals surface area contributed by atoms with E-state index < -0.39 is 0 Å². The van der Waals surface area contributed by atoms with E-state index in [0.717, 1.165) is 12.8 Å². The Bertz CT molecular complexity index is 484. The van der Waals surface area contributed by atoms with Gasteiger partial charge in [0.05, 0.1) is 15.5 Å². The van der Waals surface area contributed by atoms with E-state index >= 15 is 0 Å². The van der Waals surface area contributed by atoms with Crippen LogP contribution in [0.25, 0.3) is 0 Å². The number of thioether (sulfide) groups is 1. The predicted molar refractivity (Wildman–Crippen MR) is 84.5 cm³/mol. The molecule has 2 unspecified atom stereocenters. The average molecular weight is 315 g/mol. The number of nitrogens with zero attached hydrogens (tertiary/aromatic N) is 1. The molecular formula is C14H19ClN2O2S. The quantitative estimate of drug-likeness (QED) is 0.659. The molecule has 0 spiro atoms. The van der Waals surface area contributed by atoms with Gasteiger partial charge in [-0.05, 0) is 31.6 Å². The van der Waals surface area contributed by atoms with Crippen LogP contribution in [0, 0.1) is 10.1 Å². The van der Waals surface area contributed by atoms with Crippen molar-refractivity contribution in [2.24, 2.45) is 0 Å². The first kappa shape index (κ1) is 15.6. The summed E-state index contributed by atoms with van der Waals surface area (Å²) in [5, 5.41) is 15.6. The van der Waals surface area contributed by atoms with Crippen LogP contribution in [0.5, 0.6) is 0 Å². The maximum Gasteiger partial charge on any atom is 0.275 e. The van der Waals surface area contributed by atoms with Crippen LogP contribution < -0.4 is 5.32 Å². The second-order valence-corrected chi connectivity index (χ2v) is 6.64. The molecule has 20 heavy (non-hydrogen) atoms. The predicted octanol–water partition coefficient (Wildman–Crippen LogP) is 4.01. The van der Waals surface area contributed by atoms with Crippen molar-refractivity contribution in [3.05, 3.63) is 38.9 Å². The lowest BCUT2D eigenvalue weighted by molar-refractivity contribution is -0.385. The van der Waals surface area contributed by atoms with E-state index in [2.05, 4.69) is 11.6 Å². The number of halogens is 1. The highest BCUT2D eigenvalue weighted by atomic mass is 35.5. The summed E-state index contributed by atoms with van der Waals surface area (Å²) in [5.41, 5.74) is 0.688. The molecule has 0 saturated heterocycles. The van der Waals surface area contributed by atoms with E-state index in [1.807, 2.05) is 11.8 Å². The molecule has 0 amide bonds. The number of nitrogens with one attached hydrogen (secondary N) is 1. The minimum atomic E-state index is -0.367. The maximum absolute atomic E-state index is 11.0. The highest BCUT2D eigenvalue weighted by molar-refractivity contribution is 7.99. The van der Waals surface area contributed by atoms with Crippen molar-refractivity contribution >= 4 is 29.1 Å². The highest BCUT2D eigenvalue weighted by Gasteiger charge is 2.22. The number of hydrogen-bond acceptors (Lipinski definition) is 4. The molecule has 0 aliphatic heterocycles. The number of nitro benzene ring substituents is 1. The van der Waals surface area contributed by atoms with Crippen LogP contribution in [0.1, 0.15) is 31.2 Å². The Morgan fingerprint density at radius 2 is 2.30 bits per heavy atom. The molecule has 2 rings (SSSR count). The molecule has 2 atom stereocenters. The summed E-state index contributed by atoms with van der Waals surface area (Å²) in [7, 11) is 0. The van der Waals surface area contributed by atoms with Crippen LogP contribution in [-0.2, 0) is 6.54 Å². The summed E-state index contributed by atoms with van der Waals surface area (Å²) >= 11 is 8.01. The molecule has 0 bridgehead atoms. The topological polar surface area (TPSA) is 55.2 Å². The molecule has 1 saturated carbocycles. The van der Waals surface area contributed by atoms with Crippen molar-refractivity contribution in [1.29, 1.82) is 0 Å². The van der Waals surface area contributed by atoms with Crippen molar-refractivity contribution in [1.82, 2.24) is 5.32 Å². The smallest absolute Gasteiger partial charge is 0.275 e. The van der Waals surface area contributed by atoms with Crippen molar-refractivity contribution in [3.63, 3.8) is 0 Å². The Balaban J connectivity index is 2.02. The third kappa shape index (κ3) is 3.87. The van der Waals surface area contributed by atoms with Crippen LogP contribution in [0.15, 0.2) is 18.2 Å². The van der Waals surface area contributed by atoms with Gasteiger partial charge in [-0.25, -0.2) is 0 Å². The molecule has 6 heteroatoms. The lowest BCUT2D eigenvalue weighted by Crippen LogP contribution is -2.34. The van der Waals surface area contributed by atoms with E-state index in [9.17, 15) is 10.1 Å². The normalized spacial score (nSPS) is 22.7. The van der Waals surface area contributed by atoms with E-state index in [4.69, 9.17) is 11.6 Å². The molecule has 0 aromatic heterocycles. The van der Waals surface area contributed by atoms with Crippen LogP contribution in [0.3, 0.4) is 0 Å². The third-order valence-electron chi connectivity index (χ3n) is 3.82. The molecule has 1 aromatic rings. The number of hydrogen-bond donors (Lipinski definition) is 1. The molecule has 1 N–H and O–H groups in total. The van der Waals surface area contributed by atoms with Crippen molar-refractivity contribution in [2.75, 3.05) is 6.26 Å². The van der Waals surface area contributed by atoms with Gasteiger partial charge in [-0.2, -0.15) is 11.8 Å². The summed E-state index contributed by atoms with van der Waals surface area (Å²) in [6, 6.07) is 5.26. The SMILES string of the molecule is CSC1CCCC(NCc2c(Cl)cccc2[N+](=O)[O-])C1. The average Bonchev–Trinajstić information content (AvgIpc) is 2.45. The lowest BCUT2D eigenvalue weighted by Gasteiger charge is -2.28. The van der Waals surface area contributed by atoms with Gasteiger partial charge >= 0.3 is 0 Å². The fourth-order valence-electron chi connectivity index (χ4n) is 2.68. The summed E-state index contributed by atoms with van der Waals surface area (Å²) in [4.78, 5) is 10.7. The molecule has 1 aliphatic carbocycles. The van der Waals surface area contributed by atoms with Gasteiger partial charge in [-0.3, -0.25) is 10.1 Å². The highest BCUT2D eigenvalue weighted by Crippen LogP contribution is 2.29. The minimum Gasteiger partial charge on any atom is -0.310 e. The molecule has 1 aromatic carbocycles. The molecular weight excluding hydrogens is 296 g/mol. The first-order chi connectivity index (χ1) is 9.61. The largest absolute Gasteiger partial charge is 0.310 e. The van der Waals surface area contributed by atoms with Gasteiger partial charge in [-0.1, -0.05) is 24.1 Å². The first-order valence-corrected chi connectivity index (χ1v) is 8.46. The van der Waals surface area contributed by atoms with Gasteiger partial charge in [0.1, 0.15) is 0 Å². The van der Waals surface area contributed by atoms with Crippen molar-refractivity contribution in [3.8, 4) is 0 Å². The summed E-state index contributed by atoms with van der Waals surface area (Å²) in [6.45, 7) is 0.460. The summed E-state index contributed by atoms with van der Waals surface area (Å²) in [6.07, 6.45) is 6.89. The maximum atomic E-state index is 11.0. The zero-order chi connectivity index (χ0) is 14.5. The van der Waals surface area contributed by atoms with E-state index in [1.165, 1.54) is 18.9 Å². The second kappa shape index (κ2) is 7.29. The number of rotatable bonds is 5. The van der Waals surface area contributed by atoms with Crippen LogP contribution >= 0.6 is 23.4 Å². The van der Waals surface area contributed by atoms with E-state index in [-0.39, 0.29) is 10.6 Å². The van der Waals surface area contributed by atoms with Crippen LogP contribution in [0.2, 0.25) is 5.02 Å². The van der Waals surface area contributed by atoms with Crippen LogP contribution in [-0.4, -0.2) is 22.5 Å². The monoisotopic (exact) mass is 314 g/mol. The van der Waals surface area contributed by atoms with Crippen LogP contribution in [0.4, 0.5) is 5.69 Å². The van der Waals surface area contributed by atoms with Gasteiger partial charge in [0.2, 0.25) is 0 Å². The first-order valence-electron chi connectivity index (χ1n) is 6.79. The van der Waals surface area contributed by atoms with Gasteiger partial charge in [0.25, 0.3) is 5.69 Å². The Morgan fingerprint density at radius 3 is 3.00 bits per heavy atom. The zero-order valence-corrected chi connectivity index (χ0v) is 13.0. The Kier molecular flexibility index (Phi) is 5.69. The van der Waals surface area contributed by atoms with Crippen molar-refractivity contribution < 1.29 is 4.92 Å². The zero-order valence-electron chi connectivity index (χ0n) is 11.5. The van der Waals surface area contributed by atoms with Gasteiger partial charge in [0.15, 0.2) is 0 Å². The van der Waals surface area contributed by atoms with Gasteiger partial charge < -0.3 is 5.32 Å². The minimum absolute atomic E-state index is 0.0993. The van der Waals surface area contributed by atoms with E-state index in [1.54, 1.807) is 12.1 Å². The van der Waals surface area contributed by atoms with Gasteiger partial charge in [0, 0.05) is 23.9 Å². The molecule has 1 aliphatic rings. The number of benzene rings is 1. The fourth-order valence-corrected chi connectivity index (χ4v) is 3.75. The molecule has 1 fully saturated rings. The molecule has 0 heterocycles. The summed E-state index contributed by atoms with van der Waals surface area (Å²) in [5.74, 6) is 0. The lowest BCUT2D eigenvalue weighted by atomic mass is 9.94. The fraction of sp³-hybridized carbons (Fsp3) is 0.571. The molecule has 0 radical (unpaired) electrons. The summed E-state index contributed by atoms with van der Waals surface area (Å²) < 4.78 is 0. The molecule has 110 valence electrons. The Hall–Kier alpha value is -0.780. The van der Waals surface area contributed by atoms with Gasteiger partial charge in [-0.15, -0.1) is 0 Å². The second-order valence-electron chi connectivity index (χ2n) is 5.10. The molecule has 4 nitrogen and oxygen atoms in total. The Labute approximate surface area is 128 Å². The van der Waals surface area contributed by atoms with E-state index in [0.29, 0.717) is 28.4 Å². The standard InChI is InChI=1S/C14H19ClN2O2S/c1-20-11-5-2-4-10(8-11)16-9-12-13(15)6-3-7-14(12)17(18)19/h3,6-7,10-11,16H,2,4-5,8-9H2,1H3. The third-order valence-corrected chi connectivity index (χ3v) is 5.27. The Morgan fingerprint density at radius 1 is 1.50 bits per heavy atom. The van der Waals surface area contributed by atoms with Crippen molar-refractivity contribution in [2.45, 2.75) is 43.5 Å². The number of nitro groups is 1.